The number of ether oxygens (including phenoxy) is 3. The molecule has 1 amide bonds. The number of carbonyl (C=O) groups is 1. The second kappa shape index (κ2) is 7.04. The van der Waals surface area contributed by atoms with Crippen LogP contribution in [0.2, 0.25) is 0 Å². The summed E-state index contributed by atoms with van der Waals surface area (Å²) < 4.78 is 15.7. The molecule has 0 aromatic rings. The SMILES string of the molecule is COCCOCOC(C)(C)[C@H]1C(=O)N[C@H]1CCO. The highest BCUT2D eigenvalue weighted by Gasteiger charge is 2.49. The summed E-state index contributed by atoms with van der Waals surface area (Å²) in [5.74, 6) is -0.272. The Bertz CT molecular complexity index is 269. The van der Waals surface area contributed by atoms with Crippen LogP contribution in [0.4, 0.5) is 0 Å². The van der Waals surface area contributed by atoms with Crippen LogP contribution in [0.5, 0.6) is 0 Å². The van der Waals surface area contributed by atoms with Gasteiger partial charge in [-0.15, -0.1) is 0 Å². The largest absolute Gasteiger partial charge is 0.396 e. The number of hydrogen-bond acceptors (Lipinski definition) is 5. The molecule has 0 spiro atoms. The Morgan fingerprint density at radius 3 is 2.67 bits per heavy atom. The van der Waals surface area contributed by atoms with E-state index in [0.717, 1.165) is 0 Å². The second-order valence-corrected chi connectivity index (χ2v) is 4.87. The lowest BCUT2D eigenvalue weighted by molar-refractivity contribution is -0.180. The maximum absolute atomic E-state index is 11.6. The van der Waals surface area contributed by atoms with Crippen LogP contribution in [0.15, 0.2) is 0 Å². The molecule has 0 aromatic carbocycles. The molecule has 1 saturated heterocycles. The third kappa shape index (κ3) is 3.91. The lowest BCUT2D eigenvalue weighted by Gasteiger charge is -2.45. The van der Waals surface area contributed by atoms with E-state index in [9.17, 15) is 4.79 Å². The Morgan fingerprint density at radius 2 is 2.11 bits per heavy atom. The van der Waals surface area contributed by atoms with Crippen molar-refractivity contribution < 1.29 is 24.1 Å². The van der Waals surface area contributed by atoms with E-state index < -0.39 is 5.60 Å². The van der Waals surface area contributed by atoms with Crippen molar-refractivity contribution in [2.45, 2.75) is 31.9 Å². The third-order valence-electron chi connectivity index (χ3n) is 3.15. The first-order chi connectivity index (χ1) is 8.53. The molecule has 1 aliphatic rings. The van der Waals surface area contributed by atoms with Crippen LogP contribution in [-0.2, 0) is 19.0 Å². The summed E-state index contributed by atoms with van der Waals surface area (Å²) in [6, 6.07) is -0.0172. The highest BCUT2D eigenvalue weighted by Crippen LogP contribution is 2.32. The van der Waals surface area contributed by atoms with E-state index in [-0.39, 0.29) is 31.3 Å². The number of nitrogens with one attached hydrogen (secondary N) is 1. The standard InChI is InChI=1S/C12H23NO5/c1-12(2,18-8-17-7-6-16-3)10-9(4-5-14)13-11(10)15/h9-10,14H,4-8H2,1-3H3,(H,13,15)/t9-,10+/m0/s1. The summed E-state index contributed by atoms with van der Waals surface area (Å²) in [6.07, 6.45) is 0.549. The van der Waals surface area contributed by atoms with Gasteiger partial charge < -0.3 is 24.6 Å². The van der Waals surface area contributed by atoms with Crippen molar-refractivity contribution in [3.05, 3.63) is 0 Å². The van der Waals surface area contributed by atoms with Crippen molar-refractivity contribution in [3.8, 4) is 0 Å². The molecule has 1 heterocycles. The van der Waals surface area contributed by atoms with Crippen LogP contribution in [0, 0.1) is 5.92 Å². The second-order valence-electron chi connectivity index (χ2n) is 4.87. The van der Waals surface area contributed by atoms with Gasteiger partial charge >= 0.3 is 0 Å². The molecular weight excluding hydrogens is 238 g/mol. The summed E-state index contributed by atoms with van der Waals surface area (Å²) >= 11 is 0. The molecule has 1 rings (SSSR count). The van der Waals surface area contributed by atoms with Crippen molar-refractivity contribution >= 4 is 5.91 Å². The fraction of sp³-hybridized carbons (Fsp3) is 0.917. The van der Waals surface area contributed by atoms with Crippen LogP contribution in [0.25, 0.3) is 0 Å². The summed E-state index contributed by atoms with van der Waals surface area (Å²) in [5, 5.41) is 11.7. The van der Waals surface area contributed by atoms with Crippen molar-refractivity contribution in [2.24, 2.45) is 5.92 Å². The Balaban J connectivity index is 2.34. The Kier molecular flexibility index (Phi) is 6.01. The van der Waals surface area contributed by atoms with E-state index in [4.69, 9.17) is 19.3 Å². The highest BCUT2D eigenvalue weighted by atomic mass is 16.7. The molecule has 2 atom stereocenters. The number of rotatable bonds is 9. The van der Waals surface area contributed by atoms with Crippen molar-refractivity contribution in [2.75, 3.05) is 33.7 Å². The minimum Gasteiger partial charge on any atom is -0.396 e. The number of carbonyl (C=O) groups excluding carboxylic acids is 1. The first-order valence-corrected chi connectivity index (χ1v) is 6.15. The number of aliphatic hydroxyl groups is 1. The predicted molar refractivity (Wildman–Crippen MR) is 65.0 cm³/mol. The smallest absolute Gasteiger partial charge is 0.228 e. The molecule has 106 valence electrons. The van der Waals surface area contributed by atoms with Crippen LogP contribution < -0.4 is 5.32 Å². The summed E-state index contributed by atoms with van der Waals surface area (Å²) in [6.45, 7) is 4.89. The van der Waals surface area contributed by atoms with Gasteiger partial charge in [0, 0.05) is 19.8 Å². The Hall–Kier alpha value is -0.690. The minimum atomic E-state index is -0.602. The summed E-state index contributed by atoms with van der Waals surface area (Å²) in [7, 11) is 1.60. The normalized spacial score (nSPS) is 23.7. The van der Waals surface area contributed by atoms with Crippen LogP contribution in [-0.4, -0.2) is 56.4 Å². The molecule has 0 radical (unpaired) electrons. The molecule has 0 bridgehead atoms. The fourth-order valence-corrected chi connectivity index (χ4v) is 2.10. The van der Waals surface area contributed by atoms with Crippen molar-refractivity contribution in [1.82, 2.24) is 5.32 Å². The molecule has 18 heavy (non-hydrogen) atoms. The van der Waals surface area contributed by atoms with Crippen molar-refractivity contribution in [1.29, 1.82) is 0 Å². The molecular formula is C12H23NO5. The number of hydrogen-bond donors (Lipinski definition) is 2. The van der Waals surface area contributed by atoms with E-state index in [1.165, 1.54) is 0 Å². The van der Waals surface area contributed by atoms with E-state index in [0.29, 0.717) is 19.6 Å². The molecule has 0 unspecified atom stereocenters. The zero-order valence-electron chi connectivity index (χ0n) is 11.3. The number of methoxy groups -OCH3 is 1. The van der Waals surface area contributed by atoms with Gasteiger partial charge in [0.15, 0.2) is 0 Å². The average molecular weight is 261 g/mol. The van der Waals surface area contributed by atoms with E-state index >= 15 is 0 Å². The average Bonchev–Trinajstić information content (AvgIpc) is 2.27. The lowest BCUT2D eigenvalue weighted by atomic mass is 9.76. The Labute approximate surface area is 108 Å². The fourth-order valence-electron chi connectivity index (χ4n) is 2.10. The third-order valence-corrected chi connectivity index (χ3v) is 3.15. The van der Waals surface area contributed by atoms with E-state index in [2.05, 4.69) is 5.32 Å². The van der Waals surface area contributed by atoms with Gasteiger partial charge in [-0.25, -0.2) is 0 Å². The molecule has 6 nitrogen and oxygen atoms in total. The maximum Gasteiger partial charge on any atom is 0.228 e. The molecule has 0 aromatic heterocycles. The van der Waals surface area contributed by atoms with Crippen LogP contribution in [0.1, 0.15) is 20.3 Å². The Morgan fingerprint density at radius 1 is 1.39 bits per heavy atom. The number of β-lactam (4-membered cyclic amide) rings is 1. The first-order valence-electron chi connectivity index (χ1n) is 6.15. The van der Waals surface area contributed by atoms with Crippen LogP contribution >= 0.6 is 0 Å². The zero-order chi connectivity index (χ0) is 13.6. The van der Waals surface area contributed by atoms with Crippen LogP contribution in [0.3, 0.4) is 0 Å². The summed E-state index contributed by atoms with van der Waals surface area (Å²) in [5.41, 5.74) is -0.602. The van der Waals surface area contributed by atoms with Crippen molar-refractivity contribution in [3.63, 3.8) is 0 Å². The van der Waals surface area contributed by atoms with E-state index in [1.807, 2.05) is 13.8 Å². The molecule has 0 aliphatic carbocycles. The maximum atomic E-state index is 11.6. The monoisotopic (exact) mass is 261 g/mol. The molecule has 1 aliphatic heterocycles. The highest BCUT2D eigenvalue weighted by molar-refractivity contribution is 5.87. The number of aliphatic hydroxyl groups excluding tert-OH is 1. The molecule has 2 N–H and O–H groups in total. The molecule has 6 heteroatoms. The van der Waals surface area contributed by atoms with Gasteiger partial charge in [0.25, 0.3) is 0 Å². The van der Waals surface area contributed by atoms with Gasteiger partial charge in [0.05, 0.1) is 24.7 Å². The van der Waals surface area contributed by atoms with Gasteiger partial charge in [-0.2, -0.15) is 0 Å². The zero-order valence-corrected chi connectivity index (χ0v) is 11.3. The quantitative estimate of drug-likeness (QED) is 0.344. The predicted octanol–water partition coefficient (Wildman–Crippen LogP) is -0.101. The van der Waals surface area contributed by atoms with Gasteiger partial charge in [-0.05, 0) is 20.3 Å². The first kappa shape index (κ1) is 15.4. The summed E-state index contributed by atoms with van der Waals surface area (Å²) in [4.78, 5) is 11.6. The molecule has 1 fully saturated rings. The topological polar surface area (TPSA) is 77.0 Å². The number of amides is 1. The van der Waals surface area contributed by atoms with Gasteiger partial charge in [-0.3, -0.25) is 4.79 Å². The lowest BCUT2D eigenvalue weighted by Crippen LogP contribution is -2.66. The molecule has 0 saturated carbocycles. The van der Waals surface area contributed by atoms with Gasteiger partial charge in [0.1, 0.15) is 6.79 Å². The van der Waals surface area contributed by atoms with E-state index in [1.54, 1.807) is 7.11 Å². The minimum absolute atomic E-state index is 0.0172. The van der Waals surface area contributed by atoms with Gasteiger partial charge in [-0.1, -0.05) is 0 Å². The van der Waals surface area contributed by atoms with Gasteiger partial charge in [0.2, 0.25) is 5.91 Å².